The van der Waals surface area contributed by atoms with Crippen LogP contribution in [0.2, 0.25) is 0 Å². The van der Waals surface area contributed by atoms with Crippen LogP contribution in [0.25, 0.3) is 22.4 Å². The SMILES string of the molecule is Cn1nc2nc1-c1cc(ccc1F)Oc1c(F)cc3[nH]cnc3c1CC[S+]([O-])CC(C)(C)CCC2(C)c1cccc(CCC(=O)O)c1. The van der Waals surface area contributed by atoms with E-state index >= 15 is 8.78 Å². The molecule has 246 valence electrons. The maximum Gasteiger partial charge on any atom is 0.303 e. The van der Waals surface area contributed by atoms with Gasteiger partial charge in [0.05, 0.1) is 28.3 Å². The molecular formula is C35H37F2N5O4S. The van der Waals surface area contributed by atoms with Gasteiger partial charge in [-0.3, -0.25) is 4.79 Å². The monoisotopic (exact) mass is 661 g/mol. The normalized spacial score (nSPS) is 19.9. The minimum absolute atomic E-state index is 0.00210. The van der Waals surface area contributed by atoms with Crippen molar-refractivity contribution in [2.24, 2.45) is 12.5 Å². The maximum absolute atomic E-state index is 15.6. The molecule has 2 atom stereocenters. The lowest BCUT2D eigenvalue weighted by Gasteiger charge is -2.33. The number of ether oxygens (including phenoxy) is 1. The molecule has 2 aromatic heterocycles. The van der Waals surface area contributed by atoms with Crippen molar-refractivity contribution in [1.29, 1.82) is 0 Å². The topological polar surface area (TPSA) is 129 Å². The van der Waals surface area contributed by atoms with Crippen molar-refractivity contribution in [3.05, 3.63) is 89.0 Å². The lowest BCUT2D eigenvalue weighted by Crippen LogP contribution is -2.32. The Kier molecular flexibility index (Phi) is 8.84. The number of carbonyl (C=O) groups is 1. The number of aromatic nitrogens is 5. The van der Waals surface area contributed by atoms with E-state index < -0.39 is 34.2 Å². The highest BCUT2D eigenvalue weighted by molar-refractivity contribution is 7.91. The molecule has 12 heteroatoms. The third kappa shape index (κ3) is 6.75. The fourth-order valence-electron chi connectivity index (χ4n) is 6.24. The fourth-order valence-corrected chi connectivity index (χ4v) is 7.83. The van der Waals surface area contributed by atoms with E-state index in [0.717, 1.165) is 11.1 Å². The van der Waals surface area contributed by atoms with Gasteiger partial charge in [0.1, 0.15) is 23.1 Å². The van der Waals surface area contributed by atoms with Gasteiger partial charge in [-0.15, -0.1) is 0 Å². The van der Waals surface area contributed by atoms with Crippen LogP contribution in [0, 0.1) is 17.0 Å². The number of carboxylic acid groups (broad SMARTS) is 1. The standard InChI is InChI=1S/C35H37F2N5O4S/c1-34(2)13-14-35(3,22-7-5-6-21(16-22)8-11-29(43)44)33-40-32(42(4)41-33)25-17-23(9-10-26(25)36)46-31-24(12-15-47(45)19-34)30-28(18-27(31)37)38-20-39-30/h5-7,9-10,16-18,20H,8,11-15,19H2,1-4H3,(H,38,39)(H,43,44). The zero-order valence-electron chi connectivity index (χ0n) is 26.8. The third-order valence-electron chi connectivity index (χ3n) is 9.00. The number of benzene rings is 3. The largest absolute Gasteiger partial charge is 0.616 e. The van der Waals surface area contributed by atoms with Crippen LogP contribution < -0.4 is 4.74 Å². The van der Waals surface area contributed by atoms with Gasteiger partial charge in [0, 0.05) is 36.9 Å². The summed E-state index contributed by atoms with van der Waals surface area (Å²) >= 11 is -1.26. The first kappa shape index (κ1) is 32.6. The predicted molar refractivity (Wildman–Crippen MR) is 176 cm³/mol. The molecule has 47 heavy (non-hydrogen) atoms. The number of aliphatic carboxylic acids is 1. The number of aromatic amines is 1. The smallest absolute Gasteiger partial charge is 0.303 e. The Hall–Kier alpha value is -4.29. The molecule has 0 radical (unpaired) electrons. The average molecular weight is 662 g/mol. The number of H-pyrrole nitrogens is 1. The summed E-state index contributed by atoms with van der Waals surface area (Å²) in [4.78, 5) is 23.5. The highest BCUT2D eigenvalue weighted by Gasteiger charge is 2.38. The zero-order chi connectivity index (χ0) is 33.5. The molecule has 1 aliphatic heterocycles. The van der Waals surface area contributed by atoms with Crippen molar-refractivity contribution in [2.45, 2.75) is 58.3 Å². The van der Waals surface area contributed by atoms with E-state index in [1.165, 1.54) is 35.3 Å². The Labute approximate surface area is 274 Å². The number of nitrogens with one attached hydrogen (secondary N) is 1. The van der Waals surface area contributed by atoms with E-state index in [0.29, 0.717) is 47.4 Å². The van der Waals surface area contributed by atoms with Crippen molar-refractivity contribution in [1.82, 2.24) is 24.7 Å². The molecule has 0 spiro atoms. The molecule has 0 aliphatic carbocycles. The van der Waals surface area contributed by atoms with Crippen molar-refractivity contribution in [3.8, 4) is 22.9 Å². The molecule has 5 aromatic rings. The molecule has 4 bridgehead atoms. The molecule has 9 nitrogen and oxygen atoms in total. The Balaban J connectivity index is 1.49. The molecule has 2 unspecified atom stereocenters. The van der Waals surface area contributed by atoms with E-state index in [2.05, 4.69) is 23.8 Å². The molecule has 2 N–H and O–H groups in total. The summed E-state index contributed by atoms with van der Waals surface area (Å²) in [5, 5.41) is 14.1. The van der Waals surface area contributed by atoms with E-state index in [1.54, 1.807) is 7.05 Å². The average Bonchev–Trinajstić information content (AvgIpc) is 3.65. The number of halogens is 2. The van der Waals surface area contributed by atoms with Gasteiger partial charge in [0.15, 0.2) is 23.2 Å². The van der Waals surface area contributed by atoms with Crippen LogP contribution in [0.3, 0.4) is 0 Å². The van der Waals surface area contributed by atoms with Gasteiger partial charge < -0.3 is 19.4 Å². The van der Waals surface area contributed by atoms with Gasteiger partial charge >= 0.3 is 5.97 Å². The number of imidazole rings is 1. The lowest BCUT2D eigenvalue weighted by molar-refractivity contribution is -0.136. The second-order valence-electron chi connectivity index (χ2n) is 13.2. The highest BCUT2D eigenvalue weighted by atomic mass is 32.2. The molecular weight excluding hydrogens is 624 g/mol. The van der Waals surface area contributed by atoms with Crippen LogP contribution >= 0.6 is 0 Å². The number of hydrogen-bond acceptors (Lipinski definition) is 6. The second kappa shape index (κ2) is 12.7. The van der Waals surface area contributed by atoms with Gasteiger partial charge in [-0.2, -0.15) is 5.10 Å². The van der Waals surface area contributed by atoms with E-state index in [1.807, 2.05) is 31.2 Å². The van der Waals surface area contributed by atoms with Crippen molar-refractivity contribution in [3.63, 3.8) is 0 Å². The van der Waals surface area contributed by atoms with Gasteiger partial charge in [-0.05, 0) is 55.5 Å². The summed E-state index contributed by atoms with van der Waals surface area (Å²) in [6.07, 6.45) is 3.35. The number of carboxylic acids is 1. The molecule has 3 aromatic carbocycles. The van der Waals surface area contributed by atoms with Crippen LogP contribution in [0.5, 0.6) is 11.5 Å². The molecule has 6 rings (SSSR count). The number of nitrogens with zero attached hydrogens (tertiary/aromatic N) is 4. The maximum atomic E-state index is 15.6. The Morgan fingerprint density at radius 3 is 2.72 bits per heavy atom. The Morgan fingerprint density at radius 1 is 1.13 bits per heavy atom. The first-order valence-electron chi connectivity index (χ1n) is 15.5. The van der Waals surface area contributed by atoms with Gasteiger partial charge in [-0.25, -0.2) is 23.4 Å². The second-order valence-corrected chi connectivity index (χ2v) is 14.8. The van der Waals surface area contributed by atoms with Crippen LogP contribution in [0.4, 0.5) is 8.78 Å². The molecule has 0 saturated carbocycles. The van der Waals surface area contributed by atoms with Gasteiger partial charge in [0.2, 0.25) is 0 Å². The number of rotatable bonds is 4. The van der Waals surface area contributed by atoms with Crippen LogP contribution in [0.15, 0.2) is 54.9 Å². The lowest BCUT2D eigenvalue weighted by atomic mass is 9.73. The highest BCUT2D eigenvalue weighted by Crippen LogP contribution is 2.41. The van der Waals surface area contributed by atoms with Crippen molar-refractivity contribution >= 4 is 28.2 Å². The first-order valence-corrected chi connectivity index (χ1v) is 17.0. The number of hydrogen-bond donors (Lipinski definition) is 2. The Morgan fingerprint density at radius 2 is 1.94 bits per heavy atom. The summed E-state index contributed by atoms with van der Waals surface area (Å²) in [6, 6.07) is 13.2. The van der Waals surface area contributed by atoms with E-state index in [9.17, 15) is 14.5 Å². The van der Waals surface area contributed by atoms with Crippen LogP contribution in [-0.4, -0.2) is 51.9 Å². The molecule has 3 heterocycles. The van der Waals surface area contributed by atoms with E-state index in [4.69, 9.17) is 14.8 Å². The first-order chi connectivity index (χ1) is 22.3. The quantitative estimate of drug-likeness (QED) is 0.201. The number of fused-ring (bicyclic) bond motifs is 8. The minimum atomic E-state index is -1.26. The molecule has 0 saturated heterocycles. The predicted octanol–water partition coefficient (Wildman–Crippen LogP) is 6.86. The zero-order valence-corrected chi connectivity index (χ0v) is 27.6. The van der Waals surface area contributed by atoms with Crippen molar-refractivity contribution in [2.75, 3.05) is 11.5 Å². The van der Waals surface area contributed by atoms with Crippen molar-refractivity contribution < 1.29 is 28.0 Å². The van der Waals surface area contributed by atoms with Crippen LogP contribution in [0.1, 0.15) is 62.5 Å². The van der Waals surface area contributed by atoms with E-state index in [-0.39, 0.29) is 46.9 Å². The molecule has 0 fully saturated rings. The van der Waals surface area contributed by atoms with Gasteiger partial charge in [0.25, 0.3) is 0 Å². The summed E-state index contributed by atoms with van der Waals surface area (Å²) < 4.78 is 52.3. The van der Waals surface area contributed by atoms with Crippen LogP contribution in [-0.2, 0) is 41.3 Å². The van der Waals surface area contributed by atoms with Gasteiger partial charge in [-0.1, -0.05) is 49.3 Å². The molecule has 1 aliphatic rings. The summed E-state index contributed by atoms with van der Waals surface area (Å²) in [6.45, 7) is 6.18. The summed E-state index contributed by atoms with van der Waals surface area (Å²) in [7, 11) is 1.69. The summed E-state index contributed by atoms with van der Waals surface area (Å²) in [5.41, 5.74) is 2.31. The Bertz CT molecular complexity index is 1960. The third-order valence-corrected chi connectivity index (χ3v) is 10.8. The summed E-state index contributed by atoms with van der Waals surface area (Å²) in [5.74, 6) is -0.473. The fraction of sp³-hybridized carbons (Fsp3) is 0.371. The number of aryl methyl sites for hydroxylation is 3. The molecule has 0 amide bonds. The minimum Gasteiger partial charge on any atom is -0.616 e.